The largest absolute Gasteiger partial charge is 0.490 e. The van der Waals surface area contributed by atoms with Crippen molar-refractivity contribution in [1.82, 2.24) is 9.88 Å². The summed E-state index contributed by atoms with van der Waals surface area (Å²) in [4.78, 5) is 18.1. The topological polar surface area (TPSA) is 71.9 Å². The molecule has 3 rings (SSSR count). The van der Waals surface area contributed by atoms with Crippen LogP contribution in [0.5, 0.6) is 5.75 Å². The van der Waals surface area contributed by atoms with Crippen molar-refractivity contribution in [2.24, 2.45) is 5.92 Å². The second-order valence-electron chi connectivity index (χ2n) is 8.33. The summed E-state index contributed by atoms with van der Waals surface area (Å²) < 4.78 is 11.5. The molecule has 0 aromatic carbocycles. The Labute approximate surface area is 155 Å². The lowest BCUT2D eigenvalue weighted by molar-refractivity contribution is 0.00680. The summed E-state index contributed by atoms with van der Waals surface area (Å²) in [5, 5.41) is 10.9. The Morgan fingerprint density at radius 1 is 1.27 bits per heavy atom. The van der Waals surface area contributed by atoms with Gasteiger partial charge in [0.25, 0.3) is 0 Å². The van der Waals surface area contributed by atoms with Crippen molar-refractivity contribution in [2.45, 2.75) is 70.7 Å². The first kappa shape index (κ1) is 19.0. The van der Waals surface area contributed by atoms with Crippen molar-refractivity contribution >= 4 is 6.09 Å². The third-order valence-corrected chi connectivity index (χ3v) is 5.11. The Hall–Kier alpha value is -1.82. The zero-order valence-electron chi connectivity index (χ0n) is 16.0. The molecule has 26 heavy (non-hydrogen) atoms. The Bertz CT molecular complexity index is 616. The molecule has 1 aliphatic heterocycles. The van der Waals surface area contributed by atoms with Gasteiger partial charge in [0, 0.05) is 31.0 Å². The number of rotatable bonds is 4. The number of aliphatic hydroxyl groups is 1. The maximum atomic E-state index is 12.2. The molecule has 2 fully saturated rings. The number of hydrogen-bond acceptors (Lipinski definition) is 5. The molecule has 1 atom stereocenters. The van der Waals surface area contributed by atoms with Crippen LogP contribution in [0, 0.1) is 5.92 Å². The van der Waals surface area contributed by atoms with Crippen molar-refractivity contribution in [1.29, 1.82) is 0 Å². The summed E-state index contributed by atoms with van der Waals surface area (Å²) >= 11 is 0. The molecule has 1 aromatic rings. The van der Waals surface area contributed by atoms with Crippen LogP contribution >= 0.6 is 0 Å². The van der Waals surface area contributed by atoms with Crippen LogP contribution in [-0.2, 0) is 4.74 Å². The van der Waals surface area contributed by atoms with E-state index in [-0.39, 0.29) is 18.1 Å². The minimum atomic E-state index is -0.625. The lowest BCUT2D eigenvalue weighted by Gasteiger charge is -2.36. The van der Waals surface area contributed by atoms with Gasteiger partial charge in [-0.2, -0.15) is 0 Å². The summed E-state index contributed by atoms with van der Waals surface area (Å²) in [5.41, 5.74) is 0.270. The number of likely N-dealkylation sites (tertiary alicyclic amines) is 1. The molecule has 1 N–H and O–H groups in total. The molecule has 6 nitrogen and oxygen atoms in total. The number of carbonyl (C=O) groups excluding carboxylic acids is 1. The van der Waals surface area contributed by atoms with Gasteiger partial charge in [-0.1, -0.05) is 0 Å². The van der Waals surface area contributed by atoms with E-state index < -0.39 is 11.7 Å². The first-order chi connectivity index (χ1) is 12.3. The van der Waals surface area contributed by atoms with Crippen LogP contribution in [0.1, 0.15) is 64.5 Å². The number of amides is 1. The van der Waals surface area contributed by atoms with Gasteiger partial charge in [-0.25, -0.2) is 4.79 Å². The van der Waals surface area contributed by atoms with E-state index in [1.807, 2.05) is 26.8 Å². The average molecular weight is 362 g/mol. The molecule has 1 amide bonds. The van der Waals surface area contributed by atoms with Crippen LogP contribution in [0.4, 0.5) is 4.79 Å². The molecule has 1 aromatic heterocycles. The van der Waals surface area contributed by atoms with Crippen LogP contribution < -0.4 is 4.74 Å². The van der Waals surface area contributed by atoms with Crippen molar-refractivity contribution in [2.75, 3.05) is 13.1 Å². The summed E-state index contributed by atoms with van der Waals surface area (Å²) in [5.74, 6) is 0.827. The van der Waals surface area contributed by atoms with E-state index in [9.17, 15) is 9.90 Å². The quantitative estimate of drug-likeness (QED) is 0.884. The molecule has 2 heterocycles. The van der Waals surface area contributed by atoms with E-state index in [1.54, 1.807) is 17.3 Å². The highest BCUT2D eigenvalue weighted by atomic mass is 16.6. The van der Waals surface area contributed by atoms with Crippen LogP contribution in [0.3, 0.4) is 0 Å². The third-order valence-electron chi connectivity index (χ3n) is 5.11. The van der Waals surface area contributed by atoms with Gasteiger partial charge < -0.3 is 19.5 Å². The van der Waals surface area contributed by atoms with E-state index in [4.69, 9.17) is 9.47 Å². The Kier molecular flexibility index (Phi) is 5.70. The second-order valence-corrected chi connectivity index (χ2v) is 8.33. The molecule has 1 unspecified atom stereocenters. The minimum absolute atomic E-state index is 0.0848. The maximum Gasteiger partial charge on any atom is 0.410 e. The van der Waals surface area contributed by atoms with Crippen LogP contribution in [0.25, 0.3) is 0 Å². The third kappa shape index (κ3) is 4.67. The number of hydrogen-bond donors (Lipinski definition) is 1. The molecule has 0 bridgehead atoms. The normalized spacial score (nSPS) is 20.4. The summed E-state index contributed by atoms with van der Waals surface area (Å²) in [6, 6.07) is 1.84. The van der Waals surface area contributed by atoms with E-state index in [2.05, 4.69) is 4.98 Å². The van der Waals surface area contributed by atoms with Gasteiger partial charge >= 0.3 is 6.09 Å². The van der Waals surface area contributed by atoms with Gasteiger partial charge in [-0.15, -0.1) is 0 Å². The fourth-order valence-electron chi connectivity index (χ4n) is 3.37. The standard InChI is InChI=1S/C20H30N2O4/c1-20(2,3)26-19(24)22-11-8-14(9-12-22)18(23)16-13-21-10-7-17(16)25-15-5-4-6-15/h7,10,13-15,18,23H,4-6,8-9,11-12H2,1-3H3. The number of nitrogens with zero attached hydrogens (tertiary/aromatic N) is 2. The highest BCUT2D eigenvalue weighted by Gasteiger charge is 2.32. The number of aliphatic hydroxyl groups excluding tert-OH is 1. The fraction of sp³-hybridized carbons (Fsp3) is 0.700. The predicted octanol–water partition coefficient (Wildman–Crippen LogP) is 3.69. The zero-order chi connectivity index (χ0) is 18.7. The Morgan fingerprint density at radius 3 is 2.54 bits per heavy atom. The van der Waals surface area contributed by atoms with E-state index >= 15 is 0 Å². The SMILES string of the molecule is CC(C)(C)OC(=O)N1CCC(C(O)c2cnccc2OC2CCC2)CC1. The molecular formula is C20H30N2O4. The predicted molar refractivity (Wildman–Crippen MR) is 98.0 cm³/mol. The van der Waals surface area contributed by atoms with Crippen molar-refractivity contribution in [3.63, 3.8) is 0 Å². The molecular weight excluding hydrogens is 332 g/mol. The highest BCUT2D eigenvalue weighted by molar-refractivity contribution is 5.68. The smallest absolute Gasteiger partial charge is 0.410 e. The molecule has 144 valence electrons. The molecule has 1 saturated carbocycles. The Balaban J connectivity index is 1.58. The van der Waals surface area contributed by atoms with Crippen LogP contribution in [-0.4, -0.2) is 45.9 Å². The summed E-state index contributed by atoms with van der Waals surface area (Å²) in [7, 11) is 0. The maximum absolute atomic E-state index is 12.2. The van der Waals surface area contributed by atoms with Crippen molar-refractivity contribution < 1.29 is 19.4 Å². The first-order valence-corrected chi connectivity index (χ1v) is 9.60. The lowest BCUT2D eigenvalue weighted by Crippen LogP contribution is -2.42. The number of pyridine rings is 1. The monoisotopic (exact) mass is 362 g/mol. The summed E-state index contributed by atoms with van der Waals surface area (Å²) in [6.45, 7) is 6.79. The van der Waals surface area contributed by atoms with Gasteiger partial charge in [-0.3, -0.25) is 4.98 Å². The second kappa shape index (κ2) is 7.82. The average Bonchev–Trinajstić information content (AvgIpc) is 2.56. The molecule has 0 spiro atoms. The summed E-state index contributed by atoms with van der Waals surface area (Å²) in [6.07, 6.45) is 7.59. The van der Waals surface area contributed by atoms with Crippen LogP contribution in [0.2, 0.25) is 0 Å². The lowest BCUT2D eigenvalue weighted by atomic mass is 9.87. The molecule has 1 aliphatic carbocycles. The first-order valence-electron chi connectivity index (χ1n) is 9.60. The number of ether oxygens (including phenoxy) is 2. The van der Waals surface area contributed by atoms with Crippen molar-refractivity contribution in [3.05, 3.63) is 24.0 Å². The van der Waals surface area contributed by atoms with Crippen LogP contribution in [0.15, 0.2) is 18.5 Å². The van der Waals surface area contributed by atoms with Gasteiger partial charge in [0.15, 0.2) is 0 Å². The Morgan fingerprint density at radius 2 is 1.96 bits per heavy atom. The highest BCUT2D eigenvalue weighted by Crippen LogP contribution is 2.36. The van der Waals surface area contributed by atoms with Gasteiger partial charge in [0.2, 0.25) is 0 Å². The van der Waals surface area contributed by atoms with E-state index in [1.165, 1.54) is 6.42 Å². The van der Waals surface area contributed by atoms with E-state index in [0.717, 1.165) is 37.0 Å². The fourth-order valence-corrected chi connectivity index (χ4v) is 3.37. The van der Waals surface area contributed by atoms with E-state index in [0.29, 0.717) is 13.1 Å². The molecule has 1 saturated heterocycles. The zero-order valence-corrected chi connectivity index (χ0v) is 16.0. The molecule has 2 aliphatic rings. The minimum Gasteiger partial charge on any atom is -0.490 e. The number of aromatic nitrogens is 1. The van der Waals surface area contributed by atoms with Gasteiger partial charge in [0.1, 0.15) is 11.4 Å². The number of carbonyl (C=O) groups is 1. The molecule has 6 heteroatoms. The number of piperidine rings is 1. The van der Waals surface area contributed by atoms with Crippen molar-refractivity contribution in [3.8, 4) is 5.75 Å². The van der Waals surface area contributed by atoms with Gasteiger partial charge in [-0.05, 0) is 64.9 Å². The van der Waals surface area contributed by atoms with Gasteiger partial charge in [0.05, 0.1) is 12.2 Å². The molecule has 0 radical (unpaired) electrons.